The number of para-hydroxylation sites is 1. The maximum atomic E-state index is 12.0. The van der Waals surface area contributed by atoms with Gasteiger partial charge in [0.15, 0.2) is 5.13 Å². The molecule has 0 unspecified atom stereocenters. The Morgan fingerprint density at radius 3 is 2.67 bits per heavy atom. The third kappa shape index (κ3) is 3.78. The molecule has 3 N–H and O–H groups in total. The number of aromatic nitrogens is 1. The highest BCUT2D eigenvalue weighted by molar-refractivity contribution is 7.22. The molecule has 3 aromatic rings. The van der Waals surface area contributed by atoms with Gasteiger partial charge in [-0.3, -0.25) is 9.59 Å². The molecule has 0 fully saturated rings. The van der Waals surface area contributed by atoms with Crippen LogP contribution in [-0.2, 0) is 11.2 Å². The number of fused-ring (bicyclic) bond motifs is 1. The van der Waals surface area contributed by atoms with E-state index in [4.69, 9.17) is 5.73 Å². The highest BCUT2D eigenvalue weighted by atomic mass is 32.1. The number of aryl methyl sites for hydroxylation is 1. The number of thiazole rings is 1. The molecule has 0 saturated heterocycles. The highest BCUT2D eigenvalue weighted by Crippen LogP contribution is 2.25. The number of anilines is 1. The van der Waals surface area contributed by atoms with Gasteiger partial charge in [-0.25, -0.2) is 4.98 Å². The summed E-state index contributed by atoms with van der Waals surface area (Å²) in [4.78, 5) is 27.7. The van der Waals surface area contributed by atoms with E-state index >= 15 is 0 Å². The van der Waals surface area contributed by atoms with E-state index in [1.165, 1.54) is 11.3 Å². The van der Waals surface area contributed by atoms with Gasteiger partial charge >= 0.3 is 0 Å². The lowest BCUT2D eigenvalue weighted by atomic mass is 10.0. The topological polar surface area (TPSA) is 85.1 Å². The van der Waals surface area contributed by atoms with Crippen molar-refractivity contribution in [3.05, 3.63) is 66.1 Å². The van der Waals surface area contributed by atoms with Crippen LogP contribution in [0.3, 0.4) is 0 Å². The van der Waals surface area contributed by atoms with Crippen LogP contribution in [-0.4, -0.2) is 16.8 Å². The maximum Gasteiger partial charge on any atom is 0.248 e. The molecule has 6 heteroatoms. The number of rotatable bonds is 6. The van der Waals surface area contributed by atoms with Crippen molar-refractivity contribution in [2.24, 2.45) is 5.73 Å². The molecular formula is C18H16N3O2S. The summed E-state index contributed by atoms with van der Waals surface area (Å²) in [5, 5.41) is 3.35. The monoisotopic (exact) mass is 338 g/mol. The van der Waals surface area contributed by atoms with E-state index in [1.54, 1.807) is 18.6 Å². The summed E-state index contributed by atoms with van der Waals surface area (Å²) in [6.45, 7) is 0. The Bertz CT molecular complexity index is 856. The fraction of sp³-hybridized carbons (Fsp3) is 0.111. The molecule has 2 aromatic carbocycles. The van der Waals surface area contributed by atoms with Crippen molar-refractivity contribution in [1.29, 1.82) is 0 Å². The zero-order valence-corrected chi connectivity index (χ0v) is 13.7. The second kappa shape index (κ2) is 7.23. The van der Waals surface area contributed by atoms with Crippen molar-refractivity contribution in [1.82, 2.24) is 4.98 Å². The van der Waals surface area contributed by atoms with Gasteiger partial charge in [0.05, 0.1) is 16.6 Å². The van der Waals surface area contributed by atoms with Crippen LogP contribution in [0.1, 0.15) is 22.3 Å². The van der Waals surface area contributed by atoms with Gasteiger partial charge in [0.2, 0.25) is 11.8 Å². The number of primary amides is 1. The minimum Gasteiger partial charge on any atom is -0.366 e. The first-order valence-corrected chi connectivity index (χ1v) is 8.32. The number of hydrogen-bond donors (Lipinski definition) is 2. The van der Waals surface area contributed by atoms with Gasteiger partial charge in [-0.1, -0.05) is 41.7 Å². The number of nitrogens with two attached hydrogens (primary N) is 1. The number of nitrogens with zero attached hydrogens (tertiary/aromatic N) is 1. The number of benzene rings is 2. The maximum absolute atomic E-state index is 12.0. The van der Waals surface area contributed by atoms with E-state index in [9.17, 15) is 9.59 Å². The number of amides is 2. The van der Waals surface area contributed by atoms with Gasteiger partial charge in [0.25, 0.3) is 0 Å². The van der Waals surface area contributed by atoms with E-state index in [-0.39, 0.29) is 5.91 Å². The summed E-state index contributed by atoms with van der Waals surface area (Å²) in [6.07, 6.45) is 2.65. The van der Waals surface area contributed by atoms with Crippen LogP contribution in [0.15, 0.2) is 48.5 Å². The molecule has 0 aliphatic rings. The summed E-state index contributed by atoms with van der Waals surface area (Å²) in [5.74, 6) is -0.657. The van der Waals surface area contributed by atoms with Crippen LogP contribution in [0.4, 0.5) is 5.13 Å². The van der Waals surface area contributed by atoms with Gasteiger partial charge in [-0.2, -0.15) is 0 Å². The highest BCUT2D eigenvalue weighted by Gasteiger charge is 2.10. The van der Waals surface area contributed by atoms with Crippen molar-refractivity contribution in [2.45, 2.75) is 12.8 Å². The lowest BCUT2D eigenvalue weighted by Crippen LogP contribution is -2.15. The van der Waals surface area contributed by atoms with E-state index < -0.39 is 5.91 Å². The molecule has 1 aromatic heterocycles. The summed E-state index contributed by atoms with van der Waals surface area (Å²) < 4.78 is 1.03. The molecular weight excluding hydrogens is 322 g/mol. The largest absolute Gasteiger partial charge is 0.366 e. The molecule has 0 aliphatic heterocycles. The number of carbonyl (C=O) groups excluding carboxylic acids is 2. The van der Waals surface area contributed by atoms with Crippen molar-refractivity contribution < 1.29 is 9.59 Å². The van der Waals surface area contributed by atoms with Crippen molar-refractivity contribution in [3.8, 4) is 0 Å². The number of hydrogen-bond acceptors (Lipinski definition) is 4. The Labute approximate surface area is 143 Å². The average molecular weight is 338 g/mol. The molecule has 0 spiro atoms. The molecule has 0 aliphatic carbocycles. The summed E-state index contributed by atoms with van der Waals surface area (Å²) in [7, 11) is 0. The van der Waals surface area contributed by atoms with E-state index in [1.807, 2.05) is 36.4 Å². The van der Waals surface area contributed by atoms with Crippen LogP contribution >= 0.6 is 11.3 Å². The van der Waals surface area contributed by atoms with Crippen molar-refractivity contribution in [2.75, 3.05) is 5.32 Å². The number of carbonyl (C=O) groups is 2. The molecule has 0 saturated carbocycles. The fourth-order valence-electron chi connectivity index (χ4n) is 2.42. The fourth-order valence-corrected chi connectivity index (χ4v) is 3.29. The first kappa shape index (κ1) is 16.1. The van der Waals surface area contributed by atoms with Crippen LogP contribution in [0.25, 0.3) is 10.2 Å². The Balaban J connectivity index is 1.55. The SMILES string of the molecule is NC(=O)c1ccccc1CC[CH]C(=O)Nc1nc2ccccc2s1. The molecule has 1 radical (unpaired) electrons. The molecule has 1 heterocycles. The zero-order valence-electron chi connectivity index (χ0n) is 12.9. The van der Waals surface area contributed by atoms with Crippen molar-refractivity contribution in [3.63, 3.8) is 0 Å². The van der Waals surface area contributed by atoms with Gasteiger partial charge in [0, 0.05) is 5.56 Å². The standard InChI is InChI=1S/C18H16N3O2S/c19-17(23)13-8-2-1-6-12(13)7-5-11-16(22)21-18-20-14-9-3-4-10-15(14)24-18/h1-4,6,8-11H,5,7H2,(H2,19,23)(H,20,21,22). The van der Waals surface area contributed by atoms with Crippen LogP contribution in [0.2, 0.25) is 0 Å². The predicted molar refractivity (Wildman–Crippen MR) is 95.8 cm³/mol. The number of nitrogens with one attached hydrogen (secondary N) is 1. The second-order valence-corrected chi connectivity index (χ2v) is 6.27. The first-order chi connectivity index (χ1) is 11.6. The summed E-state index contributed by atoms with van der Waals surface area (Å²) in [6, 6.07) is 14.9. The molecule has 0 atom stereocenters. The third-order valence-electron chi connectivity index (χ3n) is 3.55. The van der Waals surface area contributed by atoms with Crippen LogP contribution in [0, 0.1) is 6.42 Å². The van der Waals surface area contributed by atoms with Gasteiger partial charge in [-0.05, 0) is 36.6 Å². The Morgan fingerprint density at radius 2 is 1.88 bits per heavy atom. The normalized spacial score (nSPS) is 10.7. The van der Waals surface area contributed by atoms with Crippen molar-refractivity contribution >= 4 is 38.5 Å². The smallest absolute Gasteiger partial charge is 0.248 e. The second-order valence-electron chi connectivity index (χ2n) is 5.24. The average Bonchev–Trinajstić information content (AvgIpc) is 2.97. The zero-order chi connectivity index (χ0) is 16.9. The third-order valence-corrected chi connectivity index (χ3v) is 4.50. The van der Waals surface area contributed by atoms with Gasteiger partial charge < -0.3 is 11.1 Å². The minimum absolute atomic E-state index is 0.203. The molecule has 3 rings (SSSR count). The molecule has 24 heavy (non-hydrogen) atoms. The molecule has 0 bridgehead atoms. The molecule has 121 valence electrons. The van der Waals surface area contributed by atoms with Crippen LogP contribution in [0.5, 0.6) is 0 Å². The predicted octanol–water partition coefficient (Wildman–Crippen LogP) is 3.17. The summed E-state index contributed by atoms with van der Waals surface area (Å²) >= 11 is 1.44. The van der Waals surface area contributed by atoms with E-state index in [0.29, 0.717) is 23.5 Å². The Kier molecular flexibility index (Phi) is 4.86. The molecule has 2 amide bonds. The van der Waals surface area contributed by atoms with Gasteiger partial charge in [0.1, 0.15) is 0 Å². The molecule has 5 nitrogen and oxygen atoms in total. The first-order valence-electron chi connectivity index (χ1n) is 7.51. The van der Waals surface area contributed by atoms with Gasteiger partial charge in [-0.15, -0.1) is 0 Å². The lowest BCUT2D eigenvalue weighted by Gasteiger charge is -2.06. The Morgan fingerprint density at radius 1 is 1.12 bits per heavy atom. The quantitative estimate of drug-likeness (QED) is 0.724. The Hall–Kier alpha value is -2.73. The summed E-state index contributed by atoms with van der Waals surface area (Å²) in [5.41, 5.74) is 7.56. The minimum atomic E-state index is -0.454. The lowest BCUT2D eigenvalue weighted by molar-refractivity contribution is -0.113. The van der Waals surface area contributed by atoms with E-state index in [2.05, 4.69) is 10.3 Å². The van der Waals surface area contributed by atoms with E-state index in [0.717, 1.165) is 15.8 Å². The van der Waals surface area contributed by atoms with Crippen LogP contribution < -0.4 is 11.1 Å².